The maximum absolute atomic E-state index is 8.61. The Kier molecular flexibility index (Phi) is 6.28. The molecule has 0 aromatic heterocycles. The Morgan fingerprint density at radius 2 is 1.19 bits per heavy atom. The van der Waals surface area contributed by atoms with Gasteiger partial charge in [-0.3, -0.25) is 0 Å². The molecule has 0 saturated heterocycles. The van der Waals surface area contributed by atoms with Gasteiger partial charge in [-0.15, -0.1) is 0 Å². The van der Waals surface area contributed by atoms with Crippen LogP contribution in [0.5, 0.6) is 0 Å². The summed E-state index contributed by atoms with van der Waals surface area (Å²) >= 11 is 0. The number of rotatable bonds is 4. The SMILES string of the molecule is CO[C@@H]1CC[C@H]1CO.CO[C@H]1CC[C@@H]1CO. The molecule has 96 valence electrons. The Labute approximate surface area is 97.6 Å². The fraction of sp³-hybridized carbons (Fsp3) is 1.00. The average molecular weight is 232 g/mol. The summed E-state index contributed by atoms with van der Waals surface area (Å²) in [6, 6.07) is 0. The third-order valence-electron chi connectivity index (χ3n) is 3.77. The monoisotopic (exact) mass is 232 g/mol. The van der Waals surface area contributed by atoms with E-state index in [-0.39, 0.29) is 0 Å². The van der Waals surface area contributed by atoms with Gasteiger partial charge in [-0.05, 0) is 25.7 Å². The van der Waals surface area contributed by atoms with Crippen molar-refractivity contribution in [1.29, 1.82) is 0 Å². The summed E-state index contributed by atoms with van der Waals surface area (Å²) in [6.45, 7) is 0.580. The molecular weight excluding hydrogens is 208 g/mol. The molecule has 2 N–H and O–H groups in total. The van der Waals surface area contributed by atoms with Crippen molar-refractivity contribution in [3.63, 3.8) is 0 Å². The molecule has 4 nitrogen and oxygen atoms in total. The smallest absolute Gasteiger partial charge is 0.0621 e. The molecule has 2 rings (SSSR count). The fourth-order valence-corrected chi connectivity index (χ4v) is 2.12. The van der Waals surface area contributed by atoms with Crippen molar-refractivity contribution in [2.24, 2.45) is 11.8 Å². The summed E-state index contributed by atoms with van der Waals surface area (Å²) in [5.74, 6) is 0.861. The zero-order valence-corrected chi connectivity index (χ0v) is 10.3. The number of aliphatic hydroxyl groups excluding tert-OH is 2. The van der Waals surface area contributed by atoms with Gasteiger partial charge in [0.2, 0.25) is 0 Å². The van der Waals surface area contributed by atoms with Crippen LogP contribution in [0, 0.1) is 11.8 Å². The van der Waals surface area contributed by atoms with Gasteiger partial charge in [-0.2, -0.15) is 0 Å². The molecule has 0 spiro atoms. The largest absolute Gasteiger partial charge is 0.396 e. The van der Waals surface area contributed by atoms with Crippen molar-refractivity contribution < 1.29 is 19.7 Å². The van der Waals surface area contributed by atoms with Gasteiger partial charge in [-0.25, -0.2) is 0 Å². The summed E-state index contributed by atoms with van der Waals surface area (Å²) in [7, 11) is 3.40. The molecule has 0 unspecified atom stereocenters. The average Bonchev–Trinajstić information content (AvgIpc) is 2.18. The maximum atomic E-state index is 8.61. The van der Waals surface area contributed by atoms with Crippen LogP contribution in [0.1, 0.15) is 25.7 Å². The van der Waals surface area contributed by atoms with Crippen LogP contribution < -0.4 is 0 Å². The van der Waals surface area contributed by atoms with Crippen molar-refractivity contribution in [2.75, 3.05) is 27.4 Å². The minimum Gasteiger partial charge on any atom is -0.396 e. The van der Waals surface area contributed by atoms with Crippen molar-refractivity contribution in [2.45, 2.75) is 37.9 Å². The molecular formula is C12H24O4. The molecule has 0 bridgehead atoms. The molecule has 2 saturated carbocycles. The summed E-state index contributed by atoms with van der Waals surface area (Å²) < 4.78 is 10.1. The lowest BCUT2D eigenvalue weighted by atomic mass is 9.83. The lowest BCUT2D eigenvalue weighted by Gasteiger charge is -2.33. The molecule has 0 radical (unpaired) electrons. The summed E-state index contributed by atoms with van der Waals surface area (Å²) in [5, 5.41) is 17.2. The standard InChI is InChI=1S/2C6H12O2/c2*1-8-6-3-2-5(6)4-7/h2*5-7H,2-4H2,1H3/t2*5-,6+/m10/s1. The minimum absolute atomic E-state index is 0.290. The fourth-order valence-electron chi connectivity index (χ4n) is 2.12. The summed E-state index contributed by atoms with van der Waals surface area (Å²) in [6.07, 6.45) is 5.22. The van der Waals surface area contributed by atoms with E-state index in [0.717, 1.165) is 25.7 Å². The van der Waals surface area contributed by atoms with E-state index in [1.165, 1.54) is 0 Å². The van der Waals surface area contributed by atoms with Crippen molar-refractivity contribution in [3.8, 4) is 0 Å². The maximum Gasteiger partial charge on any atom is 0.0621 e. The van der Waals surface area contributed by atoms with Gasteiger partial charge in [-0.1, -0.05) is 0 Å². The first-order valence-electron chi connectivity index (χ1n) is 6.04. The van der Waals surface area contributed by atoms with Gasteiger partial charge in [0.05, 0.1) is 12.2 Å². The van der Waals surface area contributed by atoms with Crippen LogP contribution in [0.15, 0.2) is 0 Å². The van der Waals surface area contributed by atoms with E-state index in [4.69, 9.17) is 19.7 Å². The Balaban J connectivity index is 0.000000160. The highest BCUT2D eigenvalue weighted by molar-refractivity contribution is 4.80. The van der Waals surface area contributed by atoms with Gasteiger partial charge in [0.1, 0.15) is 0 Å². The second kappa shape index (κ2) is 7.22. The number of ether oxygens (including phenoxy) is 2. The first kappa shape index (κ1) is 13.9. The van der Waals surface area contributed by atoms with E-state index >= 15 is 0 Å². The molecule has 4 atom stereocenters. The van der Waals surface area contributed by atoms with E-state index in [2.05, 4.69) is 0 Å². The predicted molar refractivity (Wildman–Crippen MR) is 61.2 cm³/mol. The zero-order valence-electron chi connectivity index (χ0n) is 10.3. The highest BCUT2D eigenvalue weighted by Gasteiger charge is 2.30. The lowest BCUT2D eigenvalue weighted by Crippen LogP contribution is -2.35. The number of hydrogen-bond acceptors (Lipinski definition) is 4. The molecule has 2 fully saturated rings. The third kappa shape index (κ3) is 3.42. The van der Waals surface area contributed by atoms with E-state index in [9.17, 15) is 0 Å². The lowest BCUT2D eigenvalue weighted by molar-refractivity contribution is -0.0390. The van der Waals surface area contributed by atoms with Gasteiger partial charge >= 0.3 is 0 Å². The number of hydrogen-bond donors (Lipinski definition) is 2. The van der Waals surface area contributed by atoms with Gasteiger partial charge < -0.3 is 19.7 Å². The van der Waals surface area contributed by atoms with Gasteiger partial charge in [0.15, 0.2) is 0 Å². The predicted octanol–water partition coefficient (Wildman–Crippen LogP) is 0.807. The number of methoxy groups -OCH3 is 2. The molecule has 0 amide bonds. The molecule has 2 aliphatic rings. The van der Waals surface area contributed by atoms with Crippen molar-refractivity contribution >= 4 is 0 Å². The van der Waals surface area contributed by atoms with Crippen LogP contribution in [0.2, 0.25) is 0 Å². The van der Waals surface area contributed by atoms with Crippen molar-refractivity contribution in [1.82, 2.24) is 0 Å². The van der Waals surface area contributed by atoms with E-state index < -0.39 is 0 Å². The summed E-state index contributed by atoms with van der Waals surface area (Å²) in [4.78, 5) is 0. The van der Waals surface area contributed by atoms with Crippen LogP contribution in [-0.4, -0.2) is 49.9 Å². The Morgan fingerprint density at radius 1 is 0.812 bits per heavy atom. The highest BCUT2D eigenvalue weighted by atomic mass is 16.5. The Bertz CT molecular complexity index is 138. The second-order valence-electron chi connectivity index (χ2n) is 4.59. The quantitative estimate of drug-likeness (QED) is 0.753. The normalized spacial score (nSPS) is 36.8. The highest BCUT2D eigenvalue weighted by Crippen LogP contribution is 2.29. The molecule has 0 aromatic carbocycles. The minimum atomic E-state index is 0.290. The van der Waals surface area contributed by atoms with Gasteiger partial charge in [0, 0.05) is 39.3 Å². The Hall–Kier alpha value is -0.160. The van der Waals surface area contributed by atoms with Crippen LogP contribution in [0.4, 0.5) is 0 Å². The van der Waals surface area contributed by atoms with Crippen LogP contribution in [0.3, 0.4) is 0 Å². The Morgan fingerprint density at radius 3 is 1.25 bits per heavy atom. The van der Waals surface area contributed by atoms with E-state index in [1.54, 1.807) is 14.2 Å². The van der Waals surface area contributed by atoms with Gasteiger partial charge in [0.25, 0.3) is 0 Å². The summed E-state index contributed by atoms with van der Waals surface area (Å²) in [5.41, 5.74) is 0. The third-order valence-corrected chi connectivity index (χ3v) is 3.77. The first-order chi connectivity index (χ1) is 7.76. The molecule has 0 aromatic rings. The molecule has 16 heavy (non-hydrogen) atoms. The molecule has 4 heteroatoms. The van der Waals surface area contributed by atoms with E-state index in [0.29, 0.717) is 37.3 Å². The zero-order chi connectivity index (χ0) is 12.0. The van der Waals surface area contributed by atoms with Crippen LogP contribution in [-0.2, 0) is 9.47 Å². The topological polar surface area (TPSA) is 58.9 Å². The van der Waals surface area contributed by atoms with Crippen LogP contribution >= 0.6 is 0 Å². The first-order valence-corrected chi connectivity index (χ1v) is 6.04. The van der Waals surface area contributed by atoms with Crippen molar-refractivity contribution in [3.05, 3.63) is 0 Å². The molecule has 0 heterocycles. The number of aliphatic hydroxyl groups is 2. The van der Waals surface area contributed by atoms with Crippen LogP contribution in [0.25, 0.3) is 0 Å². The molecule has 2 aliphatic carbocycles. The second-order valence-corrected chi connectivity index (χ2v) is 4.59. The molecule has 0 aliphatic heterocycles. The van der Waals surface area contributed by atoms with E-state index in [1.807, 2.05) is 0 Å².